The number of aliphatic imine (C=N–C) groups is 1. The Labute approximate surface area is 424 Å². The predicted octanol–water partition coefficient (Wildman–Crippen LogP) is 13.3. The lowest BCUT2D eigenvalue weighted by Crippen LogP contribution is -2.09. The van der Waals surface area contributed by atoms with Crippen molar-refractivity contribution in [2.75, 3.05) is 72.0 Å². The van der Waals surface area contributed by atoms with Crippen LogP contribution in [0.25, 0.3) is 23.8 Å². The molecule has 1 aliphatic rings. The van der Waals surface area contributed by atoms with Crippen LogP contribution in [0.1, 0.15) is 51.7 Å². The Morgan fingerprint density at radius 1 is 0.528 bits per heavy atom. The average Bonchev–Trinajstić information content (AvgIpc) is 3.98. The monoisotopic (exact) mass is 955 g/mol. The van der Waals surface area contributed by atoms with E-state index < -0.39 is 0 Å². The highest BCUT2D eigenvalue weighted by molar-refractivity contribution is 6.11. The number of aromatic amines is 1. The van der Waals surface area contributed by atoms with Crippen molar-refractivity contribution in [2.45, 2.75) is 13.8 Å². The molecule has 1 aliphatic heterocycles. The van der Waals surface area contributed by atoms with Crippen molar-refractivity contribution in [3.63, 3.8) is 0 Å². The standard InChI is InChI=1S/C63H61N3O6/c1-47-45-54(29-19-51-23-33-59(34-24-51)71-43-41-69-39-37-67-3)64-62(47)61(63-48(2)46-55(65-63)30-20-52-25-35-60(36-26-52)72-44-42-70-40-38-68-4)53-27-17-49(18-28-53)15-16-50-21-31-58(32-22-50)66(56-11-7-5-8-12-56)57-13-9-6-10-14-57/h5-14,17-36,45-46,64H,37-44H2,1-4H3/b29-19+,30-20+,63-61-. The fourth-order valence-electron chi connectivity index (χ4n) is 8.01. The van der Waals surface area contributed by atoms with Crippen LogP contribution < -0.4 is 14.4 Å². The Morgan fingerprint density at radius 3 is 1.54 bits per heavy atom. The van der Waals surface area contributed by atoms with Gasteiger partial charge in [0.05, 0.1) is 56.7 Å². The maximum Gasteiger partial charge on any atom is 0.119 e. The molecular weight excluding hydrogens is 895 g/mol. The number of hydrogen-bond acceptors (Lipinski definition) is 8. The van der Waals surface area contributed by atoms with Crippen LogP contribution in [0.3, 0.4) is 0 Å². The van der Waals surface area contributed by atoms with E-state index >= 15 is 0 Å². The summed E-state index contributed by atoms with van der Waals surface area (Å²) in [6, 6.07) is 55.9. The number of H-pyrrole nitrogens is 1. The summed E-state index contributed by atoms with van der Waals surface area (Å²) in [6.45, 7) is 8.46. The Kier molecular flexibility index (Phi) is 18.4. The van der Waals surface area contributed by atoms with Gasteiger partial charge in [-0.1, -0.05) is 96.8 Å². The maximum atomic E-state index is 5.86. The van der Waals surface area contributed by atoms with Crippen molar-refractivity contribution in [3.8, 4) is 23.3 Å². The summed E-state index contributed by atoms with van der Waals surface area (Å²) >= 11 is 0. The zero-order valence-electron chi connectivity index (χ0n) is 41.5. The highest BCUT2D eigenvalue weighted by atomic mass is 16.5. The molecule has 0 atom stereocenters. The molecule has 0 radical (unpaired) electrons. The topological polar surface area (TPSA) is 86.8 Å². The lowest BCUT2D eigenvalue weighted by atomic mass is 9.95. The molecule has 0 bridgehead atoms. The number of benzene rings is 6. The number of rotatable bonds is 23. The molecule has 0 saturated carbocycles. The fraction of sp³-hybridized carbons (Fsp3) is 0.190. The van der Waals surface area contributed by atoms with Gasteiger partial charge in [-0.15, -0.1) is 0 Å². The van der Waals surface area contributed by atoms with Crippen LogP contribution >= 0.6 is 0 Å². The van der Waals surface area contributed by atoms with E-state index in [2.05, 4.69) is 169 Å². The highest BCUT2D eigenvalue weighted by Crippen LogP contribution is 2.37. The number of anilines is 3. The molecule has 364 valence electrons. The van der Waals surface area contributed by atoms with Crippen molar-refractivity contribution in [3.05, 3.63) is 232 Å². The van der Waals surface area contributed by atoms with Gasteiger partial charge in [-0.25, -0.2) is 4.99 Å². The summed E-state index contributed by atoms with van der Waals surface area (Å²) in [5, 5.41) is 0. The number of nitrogens with one attached hydrogen (secondary N) is 1. The van der Waals surface area contributed by atoms with Crippen LogP contribution in [0, 0.1) is 18.8 Å². The molecule has 6 aromatic carbocycles. The molecule has 9 nitrogen and oxygen atoms in total. The van der Waals surface area contributed by atoms with Crippen LogP contribution in [0.2, 0.25) is 0 Å². The molecular formula is C63H61N3O6. The van der Waals surface area contributed by atoms with Gasteiger partial charge < -0.3 is 38.3 Å². The number of para-hydroxylation sites is 2. The summed E-state index contributed by atoms with van der Waals surface area (Å²) in [5.74, 6) is 8.40. The fourth-order valence-corrected chi connectivity index (χ4v) is 8.01. The molecule has 0 amide bonds. The van der Waals surface area contributed by atoms with E-state index in [1.807, 2.05) is 60.7 Å². The summed E-state index contributed by atoms with van der Waals surface area (Å²) in [4.78, 5) is 11.2. The summed E-state index contributed by atoms with van der Waals surface area (Å²) in [7, 11) is 3.32. The number of aryl methyl sites for hydroxylation is 1. The largest absolute Gasteiger partial charge is 0.491 e. The smallest absolute Gasteiger partial charge is 0.119 e. The quantitative estimate of drug-likeness (QED) is 0.0505. The molecule has 1 aromatic heterocycles. The number of methoxy groups -OCH3 is 2. The summed E-state index contributed by atoms with van der Waals surface area (Å²) < 4.78 is 32.8. The van der Waals surface area contributed by atoms with Gasteiger partial charge in [0.25, 0.3) is 0 Å². The first-order valence-corrected chi connectivity index (χ1v) is 24.2. The van der Waals surface area contributed by atoms with Gasteiger partial charge in [0.1, 0.15) is 24.7 Å². The highest BCUT2D eigenvalue weighted by Gasteiger charge is 2.21. The van der Waals surface area contributed by atoms with Crippen LogP contribution in [0.4, 0.5) is 17.1 Å². The molecule has 0 unspecified atom stereocenters. The van der Waals surface area contributed by atoms with E-state index in [1.54, 1.807) is 14.2 Å². The van der Waals surface area contributed by atoms with Gasteiger partial charge in [-0.2, -0.15) is 0 Å². The van der Waals surface area contributed by atoms with Gasteiger partial charge in [-0.3, -0.25) is 0 Å². The molecule has 8 rings (SSSR count). The lowest BCUT2D eigenvalue weighted by Gasteiger charge is -2.25. The number of aromatic nitrogens is 1. The molecule has 0 spiro atoms. The van der Waals surface area contributed by atoms with Crippen LogP contribution in [0.15, 0.2) is 192 Å². The van der Waals surface area contributed by atoms with Gasteiger partial charge >= 0.3 is 0 Å². The van der Waals surface area contributed by atoms with E-state index in [0.717, 1.165) is 95.9 Å². The number of allylic oxidation sites excluding steroid dienone is 3. The van der Waals surface area contributed by atoms with Crippen LogP contribution in [-0.4, -0.2) is 77.8 Å². The SMILES string of the molecule is COCCOCCOc1ccc(/C=C/C2=NC(=C(/c3ccc(C#Cc4ccc(N(c5ccccc5)c5ccccc5)cc4)cc3)c3[nH]c(/C=C/c4ccc(OCCOCCOC)cc4)cc3C)/C(C)=C2)cc1. The molecule has 72 heavy (non-hydrogen) atoms. The van der Waals surface area contributed by atoms with E-state index in [-0.39, 0.29) is 0 Å². The minimum absolute atomic E-state index is 0.474. The average molecular weight is 956 g/mol. The third kappa shape index (κ3) is 14.3. The van der Waals surface area contributed by atoms with Gasteiger partial charge in [-0.05, 0) is 151 Å². The van der Waals surface area contributed by atoms with Crippen molar-refractivity contribution in [1.29, 1.82) is 0 Å². The summed E-state index contributed by atoms with van der Waals surface area (Å²) in [5.41, 5.74) is 15.2. The molecule has 0 aliphatic carbocycles. The Balaban J connectivity index is 1.02. The normalized spacial score (nSPS) is 12.9. The number of nitrogens with zero attached hydrogens (tertiary/aromatic N) is 2. The first-order chi connectivity index (χ1) is 35.4. The molecule has 9 heteroatoms. The zero-order chi connectivity index (χ0) is 49.7. The van der Waals surface area contributed by atoms with E-state index in [9.17, 15) is 0 Å². The molecule has 0 fully saturated rings. The molecule has 0 saturated heterocycles. The second-order valence-corrected chi connectivity index (χ2v) is 17.0. The Hall–Kier alpha value is -7.97. The van der Waals surface area contributed by atoms with Crippen molar-refractivity contribution < 1.29 is 28.4 Å². The zero-order valence-corrected chi connectivity index (χ0v) is 41.5. The number of hydrogen-bond donors (Lipinski definition) is 1. The molecule has 2 heterocycles. The number of ether oxygens (including phenoxy) is 6. The van der Waals surface area contributed by atoms with Gasteiger partial charge in [0.2, 0.25) is 0 Å². The van der Waals surface area contributed by atoms with Gasteiger partial charge in [0, 0.05) is 53.7 Å². The van der Waals surface area contributed by atoms with Gasteiger partial charge in [0.15, 0.2) is 0 Å². The van der Waals surface area contributed by atoms with Crippen LogP contribution in [0.5, 0.6) is 11.5 Å². The second kappa shape index (κ2) is 26.3. The van der Waals surface area contributed by atoms with E-state index in [4.69, 9.17) is 33.4 Å². The molecule has 1 N–H and O–H groups in total. The third-order valence-corrected chi connectivity index (χ3v) is 11.7. The van der Waals surface area contributed by atoms with E-state index in [1.165, 1.54) is 0 Å². The first-order valence-electron chi connectivity index (χ1n) is 24.2. The summed E-state index contributed by atoms with van der Waals surface area (Å²) in [6.07, 6.45) is 10.5. The minimum atomic E-state index is 0.474. The van der Waals surface area contributed by atoms with Crippen molar-refractivity contribution in [1.82, 2.24) is 4.98 Å². The lowest BCUT2D eigenvalue weighted by molar-refractivity contribution is 0.0544. The Bertz CT molecular complexity index is 2990. The minimum Gasteiger partial charge on any atom is -0.491 e. The second-order valence-electron chi connectivity index (χ2n) is 17.0. The van der Waals surface area contributed by atoms with Crippen molar-refractivity contribution in [2.24, 2.45) is 4.99 Å². The van der Waals surface area contributed by atoms with Crippen LogP contribution in [-0.2, 0) is 18.9 Å². The predicted molar refractivity (Wildman–Crippen MR) is 294 cm³/mol. The Morgan fingerprint density at radius 2 is 1.01 bits per heavy atom. The van der Waals surface area contributed by atoms with Crippen molar-refractivity contribution >= 4 is 46.6 Å². The third-order valence-electron chi connectivity index (χ3n) is 11.7. The first kappa shape index (κ1) is 50.4. The van der Waals surface area contributed by atoms with E-state index in [0.29, 0.717) is 52.9 Å². The maximum absolute atomic E-state index is 5.86. The molecule has 7 aromatic rings.